The molecule has 3 aromatic carbocycles. The second kappa shape index (κ2) is 15.1. The SMILES string of the molecule is COc1cc2c(c(OC)c1OC)-c1ccc(NCCCCCC(=O)Nc3ccc(C(N)=O)cc3)c(=O)cc1[C@@H](NC(C)=O)CC2. The first kappa shape index (κ1) is 32.8. The van der Waals surface area contributed by atoms with Crippen LogP contribution in [0.25, 0.3) is 11.1 Å². The van der Waals surface area contributed by atoms with Crippen LogP contribution in [0.2, 0.25) is 0 Å². The molecule has 1 aliphatic rings. The van der Waals surface area contributed by atoms with Crippen LogP contribution in [0.1, 0.15) is 66.6 Å². The number of hydrogen-bond acceptors (Lipinski definition) is 8. The summed E-state index contributed by atoms with van der Waals surface area (Å²) in [7, 11) is 4.68. The molecule has 0 aliphatic heterocycles. The van der Waals surface area contributed by atoms with Crippen molar-refractivity contribution in [2.75, 3.05) is 38.5 Å². The Bertz CT molecular complexity index is 1620. The standard InChI is InChI=1S/C34H40N4O7/c1-20(39)37-26-15-11-22-18-29(43-2)32(44-3)33(45-4)31(22)24-14-16-27(28(40)19-25(24)26)36-17-7-5-6-8-30(41)38-23-12-9-21(10-13-23)34(35)42/h9-10,12-14,16,18-19,26H,5-8,11,15,17H2,1-4H3,(H2,35,42)(H,36,40)(H,37,39)(H,38,41)/t26-/m0/s1. The number of rotatable bonds is 13. The van der Waals surface area contributed by atoms with Gasteiger partial charge in [0.2, 0.25) is 28.9 Å². The molecule has 1 aliphatic carbocycles. The number of carbonyl (C=O) groups is 3. The zero-order valence-corrected chi connectivity index (χ0v) is 26.1. The van der Waals surface area contributed by atoms with Crippen molar-refractivity contribution in [3.63, 3.8) is 0 Å². The average molecular weight is 617 g/mol. The van der Waals surface area contributed by atoms with Gasteiger partial charge in [-0.15, -0.1) is 0 Å². The lowest BCUT2D eigenvalue weighted by molar-refractivity contribution is -0.119. The summed E-state index contributed by atoms with van der Waals surface area (Å²) in [6.07, 6.45) is 3.75. The van der Waals surface area contributed by atoms with E-state index in [0.29, 0.717) is 72.0 Å². The van der Waals surface area contributed by atoms with Gasteiger partial charge in [0.1, 0.15) is 0 Å². The largest absolute Gasteiger partial charge is 0.493 e. The Morgan fingerprint density at radius 3 is 2.29 bits per heavy atom. The number of nitrogens with two attached hydrogens (primary N) is 1. The van der Waals surface area contributed by atoms with Gasteiger partial charge in [-0.2, -0.15) is 0 Å². The number of benzene rings is 2. The number of nitrogens with one attached hydrogen (secondary N) is 3. The minimum atomic E-state index is -0.522. The molecule has 0 radical (unpaired) electrons. The number of ether oxygens (including phenoxy) is 3. The van der Waals surface area contributed by atoms with E-state index in [0.717, 1.165) is 29.5 Å². The summed E-state index contributed by atoms with van der Waals surface area (Å²) in [5.41, 5.74) is 9.67. The quantitative estimate of drug-likeness (QED) is 0.203. The molecule has 5 N–H and O–H groups in total. The Morgan fingerprint density at radius 1 is 0.911 bits per heavy atom. The lowest BCUT2D eigenvalue weighted by atomic mass is 9.95. The van der Waals surface area contributed by atoms with E-state index in [1.807, 2.05) is 12.1 Å². The maximum absolute atomic E-state index is 13.4. The first-order valence-corrected chi connectivity index (χ1v) is 14.9. The first-order chi connectivity index (χ1) is 21.7. The van der Waals surface area contributed by atoms with Crippen LogP contribution in [0.3, 0.4) is 0 Å². The third-order valence-corrected chi connectivity index (χ3v) is 7.77. The zero-order chi connectivity index (χ0) is 32.5. The van der Waals surface area contributed by atoms with E-state index >= 15 is 0 Å². The number of fused-ring (bicyclic) bond motifs is 3. The van der Waals surface area contributed by atoms with E-state index in [-0.39, 0.29) is 23.3 Å². The van der Waals surface area contributed by atoms with Crippen molar-refractivity contribution in [2.45, 2.75) is 51.5 Å². The number of methoxy groups -OCH3 is 3. The molecule has 3 aromatic rings. The predicted octanol–water partition coefficient (Wildman–Crippen LogP) is 4.57. The van der Waals surface area contributed by atoms with Gasteiger partial charge < -0.3 is 35.9 Å². The monoisotopic (exact) mass is 616 g/mol. The first-order valence-electron chi connectivity index (χ1n) is 14.9. The number of hydrogen-bond donors (Lipinski definition) is 4. The van der Waals surface area contributed by atoms with Crippen LogP contribution < -0.4 is 41.3 Å². The van der Waals surface area contributed by atoms with Gasteiger partial charge >= 0.3 is 0 Å². The number of primary amides is 1. The van der Waals surface area contributed by atoms with Crippen LogP contribution in [0.15, 0.2) is 53.3 Å². The molecular formula is C34H40N4O7. The van der Waals surface area contributed by atoms with Crippen LogP contribution in [0.5, 0.6) is 17.2 Å². The number of anilines is 2. The molecule has 0 bridgehead atoms. The van der Waals surface area contributed by atoms with Crippen LogP contribution in [0, 0.1) is 0 Å². The number of amides is 3. The number of carbonyl (C=O) groups excluding carboxylic acids is 3. The molecule has 238 valence electrons. The van der Waals surface area contributed by atoms with Crippen molar-refractivity contribution >= 4 is 29.1 Å². The van der Waals surface area contributed by atoms with E-state index in [9.17, 15) is 19.2 Å². The lowest BCUT2D eigenvalue weighted by Crippen LogP contribution is -2.26. The van der Waals surface area contributed by atoms with Crippen molar-refractivity contribution in [2.24, 2.45) is 5.73 Å². The van der Waals surface area contributed by atoms with E-state index in [2.05, 4.69) is 16.0 Å². The minimum absolute atomic E-state index is 0.119. The van der Waals surface area contributed by atoms with E-state index in [1.165, 1.54) is 6.92 Å². The molecule has 0 spiro atoms. The predicted molar refractivity (Wildman–Crippen MR) is 173 cm³/mol. The molecule has 0 heterocycles. The molecule has 0 aromatic heterocycles. The highest BCUT2D eigenvalue weighted by atomic mass is 16.5. The van der Waals surface area contributed by atoms with Gasteiger partial charge in [-0.3, -0.25) is 19.2 Å². The summed E-state index contributed by atoms with van der Waals surface area (Å²) in [4.78, 5) is 49.1. The van der Waals surface area contributed by atoms with Crippen LogP contribution in [-0.4, -0.2) is 45.6 Å². The van der Waals surface area contributed by atoms with Crippen LogP contribution in [0.4, 0.5) is 11.4 Å². The highest BCUT2D eigenvalue weighted by Gasteiger charge is 2.29. The summed E-state index contributed by atoms with van der Waals surface area (Å²) in [6.45, 7) is 2.00. The molecular weight excluding hydrogens is 576 g/mol. The third-order valence-electron chi connectivity index (χ3n) is 7.77. The Hall–Kier alpha value is -5.06. The smallest absolute Gasteiger partial charge is 0.248 e. The molecule has 0 saturated carbocycles. The van der Waals surface area contributed by atoms with Gasteiger partial charge in [-0.25, -0.2) is 0 Å². The van der Waals surface area contributed by atoms with Crippen LogP contribution >= 0.6 is 0 Å². The van der Waals surface area contributed by atoms with Gasteiger partial charge in [0.25, 0.3) is 0 Å². The third kappa shape index (κ3) is 7.91. The molecule has 4 rings (SSSR count). The van der Waals surface area contributed by atoms with Gasteiger partial charge in [-0.05, 0) is 84.8 Å². The van der Waals surface area contributed by atoms with Crippen molar-refractivity contribution in [3.05, 3.63) is 75.4 Å². The van der Waals surface area contributed by atoms with Crippen molar-refractivity contribution in [3.8, 4) is 28.4 Å². The summed E-state index contributed by atoms with van der Waals surface area (Å²) < 4.78 is 17.1. The average Bonchev–Trinajstić information content (AvgIpc) is 3.26. The zero-order valence-electron chi connectivity index (χ0n) is 26.1. The van der Waals surface area contributed by atoms with E-state index in [4.69, 9.17) is 19.9 Å². The van der Waals surface area contributed by atoms with Gasteiger partial charge in [0.05, 0.1) is 33.1 Å². The van der Waals surface area contributed by atoms with Gasteiger partial charge in [0, 0.05) is 36.7 Å². The molecule has 1 atom stereocenters. The molecule has 3 amide bonds. The summed E-state index contributed by atoms with van der Waals surface area (Å²) >= 11 is 0. The minimum Gasteiger partial charge on any atom is -0.493 e. The van der Waals surface area contributed by atoms with Crippen LogP contribution in [-0.2, 0) is 16.0 Å². The van der Waals surface area contributed by atoms with E-state index < -0.39 is 5.91 Å². The van der Waals surface area contributed by atoms with Crippen molar-refractivity contribution in [1.29, 1.82) is 0 Å². The summed E-state index contributed by atoms with van der Waals surface area (Å²) in [5, 5.41) is 9.07. The Morgan fingerprint density at radius 2 is 1.64 bits per heavy atom. The second-order valence-electron chi connectivity index (χ2n) is 10.8. The highest BCUT2D eigenvalue weighted by Crippen LogP contribution is 2.50. The fourth-order valence-electron chi connectivity index (χ4n) is 5.61. The topological polar surface area (TPSA) is 158 Å². The fourth-order valence-corrected chi connectivity index (χ4v) is 5.61. The molecule has 0 saturated heterocycles. The van der Waals surface area contributed by atoms with Crippen molar-refractivity contribution in [1.82, 2.24) is 5.32 Å². The van der Waals surface area contributed by atoms with Gasteiger partial charge in [-0.1, -0.05) is 12.5 Å². The summed E-state index contributed by atoms with van der Waals surface area (Å²) in [5.74, 6) is 0.654. The number of aryl methyl sites for hydroxylation is 1. The Labute approximate surface area is 262 Å². The fraction of sp³-hybridized carbons (Fsp3) is 0.353. The molecule has 0 fully saturated rings. The second-order valence-corrected chi connectivity index (χ2v) is 10.8. The van der Waals surface area contributed by atoms with Crippen molar-refractivity contribution < 1.29 is 28.6 Å². The molecule has 11 heteroatoms. The number of unbranched alkanes of at least 4 members (excludes halogenated alkanes) is 2. The normalized spacial score (nSPS) is 13.4. The Balaban J connectivity index is 1.47. The summed E-state index contributed by atoms with van der Waals surface area (Å²) in [6, 6.07) is 13.2. The molecule has 45 heavy (non-hydrogen) atoms. The Kier molecular flexibility index (Phi) is 11.0. The maximum atomic E-state index is 13.4. The maximum Gasteiger partial charge on any atom is 0.248 e. The highest BCUT2D eigenvalue weighted by molar-refractivity contribution is 5.94. The van der Waals surface area contributed by atoms with Gasteiger partial charge in [0.15, 0.2) is 11.5 Å². The molecule has 11 nitrogen and oxygen atoms in total. The molecule has 0 unspecified atom stereocenters. The lowest BCUT2D eigenvalue weighted by Gasteiger charge is -2.19. The van der Waals surface area contributed by atoms with E-state index in [1.54, 1.807) is 57.7 Å².